The fourth-order valence-corrected chi connectivity index (χ4v) is 4.22. The Bertz CT molecular complexity index is 669. The Labute approximate surface area is 142 Å². The van der Waals surface area contributed by atoms with Crippen molar-refractivity contribution in [2.45, 2.75) is 64.8 Å². The van der Waals surface area contributed by atoms with Crippen LogP contribution in [0.25, 0.3) is 0 Å². The number of hydrogen-bond acceptors (Lipinski definition) is 4. The summed E-state index contributed by atoms with van der Waals surface area (Å²) >= 11 is 0. The van der Waals surface area contributed by atoms with Crippen LogP contribution in [-0.4, -0.2) is 32.7 Å². The molecule has 0 saturated carbocycles. The lowest BCUT2D eigenvalue weighted by Gasteiger charge is -2.32. The van der Waals surface area contributed by atoms with Crippen molar-refractivity contribution in [3.05, 3.63) is 12.1 Å². The van der Waals surface area contributed by atoms with Crippen LogP contribution in [0.15, 0.2) is 12.1 Å². The van der Waals surface area contributed by atoms with E-state index in [9.17, 15) is 8.78 Å². The van der Waals surface area contributed by atoms with E-state index < -0.39 is 32.7 Å². The van der Waals surface area contributed by atoms with Crippen LogP contribution in [0.5, 0.6) is 11.5 Å². The minimum Gasteiger partial charge on any atom is -0.399 e. The zero-order chi connectivity index (χ0) is 18.1. The van der Waals surface area contributed by atoms with Crippen LogP contribution in [0.2, 0.25) is 19.6 Å². The Balaban J connectivity index is 2.08. The molecule has 3 rings (SSSR count). The summed E-state index contributed by atoms with van der Waals surface area (Å²) in [7, 11) is -2.67. The molecule has 0 spiro atoms. The van der Waals surface area contributed by atoms with Crippen LogP contribution in [0.1, 0.15) is 27.7 Å². The SMILES string of the molecule is CC1(C)OB(c2ccc([Si](C)(C)C)c3c2OC(F)(F)O3)OC1(C)C. The van der Waals surface area contributed by atoms with Crippen LogP contribution in [-0.2, 0) is 9.31 Å². The molecule has 0 atom stereocenters. The molecule has 1 aromatic carbocycles. The smallest absolute Gasteiger partial charge is 0.399 e. The summed E-state index contributed by atoms with van der Waals surface area (Å²) in [4.78, 5) is 0. The number of ether oxygens (including phenoxy) is 2. The Morgan fingerprint density at radius 3 is 1.88 bits per heavy atom. The van der Waals surface area contributed by atoms with E-state index in [1.165, 1.54) is 0 Å². The van der Waals surface area contributed by atoms with E-state index in [2.05, 4.69) is 19.6 Å². The normalized spacial score (nSPS) is 23.6. The van der Waals surface area contributed by atoms with Crippen molar-refractivity contribution >= 4 is 25.8 Å². The van der Waals surface area contributed by atoms with Gasteiger partial charge in [0, 0.05) is 5.46 Å². The van der Waals surface area contributed by atoms with E-state index in [1.54, 1.807) is 6.07 Å². The van der Waals surface area contributed by atoms with Crippen molar-refractivity contribution in [2.75, 3.05) is 0 Å². The minimum atomic E-state index is -3.67. The summed E-state index contributed by atoms with van der Waals surface area (Å²) in [6, 6.07) is 3.58. The van der Waals surface area contributed by atoms with E-state index >= 15 is 0 Å². The van der Waals surface area contributed by atoms with E-state index in [0.717, 1.165) is 5.19 Å². The standard InChI is InChI=1S/C16H23BF2O4Si/c1-14(2)15(3,4)23-17(22-14)10-8-9-11(24(5,6)7)13-12(10)20-16(18,19)21-13/h8-9H,1-7H3. The molecule has 132 valence electrons. The van der Waals surface area contributed by atoms with E-state index in [0.29, 0.717) is 5.46 Å². The molecule has 0 N–H and O–H groups in total. The number of halogens is 2. The molecule has 24 heavy (non-hydrogen) atoms. The molecular formula is C16H23BF2O4Si. The summed E-state index contributed by atoms with van der Waals surface area (Å²) in [6.07, 6.45) is -3.67. The molecule has 0 unspecified atom stereocenters. The van der Waals surface area contributed by atoms with Gasteiger partial charge in [-0.05, 0) is 32.9 Å². The van der Waals surface area contributed by atoms with Crippen LogP contribution < -0.4 is 20.1 Å². The van der Waals surface area contributed by atoms with Gasteiger partial charge in [0.1, 0.15) is 0 Å². The van der Waals surface area contributed by atoms with E-state index in [1.807, 2.05) is 33.8 Å². The molecule has 2 aliphatic rings. The van der Waals surface area contributed by atoms with Crippen molar-refractivity contribution in [3.8, 4) is 11.5 Å². The topological polar surface area (TPSA) is 36.9 Å². The lowest BCUT2D eigenvalue weighted by atomic mass is 9.78. The Kier molecular flexibility index (Phi) is 3.65. The number of benzene rings is 1. The first-order valence-electron chi connectivity index (χ1n) is 8.02. The van der Waals surface area contributed by atoms with Crippen LogP contribution in [0, 0.1) is 0 Å². The van der Waals surface area contributed by atoms with Gasteiger partial charge in [0.05, 0.1) is 19.3 Å². The Hall–Kier alpha value is -1.12. The van der Waals surface area contributed by atoms with Crippen LogP contribution in [0.3, 0.4) is 0 Å². The molecule has 2 aliphatic heterocycles. The van der Waals surface area contributed by atoms with Gasteiger partial charge in [-0.3, -0.25) is 0 Å². The Morgan fingerprint density at radius 2 is 1.38 bits per heavy atom. The highest BCUT2D eigenvalue weighted by Crippen LogP contribution is 2.42. The maximum atomic E-state index is 13.8. The second-order valence-electron chi connectivity index (χ2n) is 8.37. The van der Waals surface area contributed by atoms with Gasteiger partial charge in [0.2, 0.25) is 0 Å². The van der Waals surface area contributed by atoms with Crippen molar-refractivity contribution in [1.82, 2.24) is 0 Å². The highest BCUT2D eigenvalue weighted by Gasteiger charge is 2.55. The van der Waals surface area contributed by atoms with Crippen molar-refractivity contribution in [3.63, 3.8) is 0 Å². The third kappa shape index (κ3) is 2.74. The summed E-state index contributed by atoms with van der Waals surface area (Å²) in [6.45, 7) is 13.8. The van der Waals surface area contributed by atoms with Crippen LogP contribution in [0.4, 0.5) is 8.78 Å². The zero-order valence-electron chi connectivity index (χ0n) is 15.1. The highest BCUT2D eigenvalue weighted by molar-refractivity contribution is 6.89. The lowest BCUT2D eigenvalue weighted by Crippen LogP contribution is -2.41. The highest BCUT2D eigenvalue weighted by atomic mass is 28.3. The first-order valence-corrected chi connectivity index (χ1v) is 11.5. The van der Waals surface area contributed by atoms with Crippen molar-refractivity contribution in [1.29, 1.82) is 0 Å². The first-order chi connectivity index (χ1) is 10.7. The number of hydrogen-bond donors (Lipinski definition) is 0. The third-order valence-electron chi connectivity index (χ3n) is 4.90. The predicted octanol–water partition coefficient (Wildman–Crippen LogP) is 2.85. The molecule has 2 heterocycles. The molecule has 0 aromatic heterocycles. The van der Waals surface area contributed by atoms with Crippen molar-refractivity contribution in [2.24, 2.45) is 0 Å². The maximum Gasteiger partial charge on any atom is 0.586 e. The Morgan fingerprint density at radius 1 is 0.875 bits per heavy atom. The van der Waals surface area contributed by atoms with E-state index in [-0.39, 0.29) is 11.5 Å². The predicted molar refractivity (Wildman–Crippen MR) is 91.3 cm³/mol. The molecule has 0 amide bonds. The summed E-state index contributed by atoms with van der Waals surface area (Å²) < 4.78 is 49.1. The molecule has 0 radical (unpaired) electrons. The average Bonchev–Trinajstić information content (AvgIpc) is 2.78. The molecule has 1 fully saturated rings. The van der Waals surface area contributed by atoms with Crippen LogP contribution >= 0.6 is 0 Å². The van der Waals surface area contributed by atoms with Gasteiger partial charge in [0.15, 0.2) is 11.5 Å². The maximum absolute atomic E-state index is 13.8. The van der Waals surface area contributed by atoms with Gasteiger partial charge in [-0.25, -0.2) is 0 Å². The molecule has 8 heteroatoms. The first kappa shape index (κ1) is 17.7. The summed E-state index contributed by atoms with van der Waals surface area (Å²) in [5.41, 5.74) is -0.698. The summed E-state index contributed by atoms with van der Waals surface area (Å²) in [5, 5.41) is 0.787. The van der Waals surface area contributed by atoms with Gasteiger partial charge in [-0.2, -0.15) is 0 Å². The average molecular weight is 356 g/mol. The van der Waals surface area contributed by atoms with Gasteiger partial charge in [0.25, 0.3) is 0 Å². The second-order valence-corrected chi connectivity index (χ2v) is 13.4. The third-order valence-corrected chi connectivity index (χ3v) is 6.91. The summed E-state index contributed by atoms with van der Waals surface area (Å²) in [5.74, 6) is 0.143. The van der Waals surface area contributed by atoms with Gasteiger partial charge < -0.3 is 18.8 Å². The monoisotopic (exact) mass is 356 g/mol. The quantitative estimate of drug-likeness (QED) is 0.764. The lowest BCUT2D eigenvalue weighted by molar-refractivity contribution is -0.286. The molecule has 0 aliphatic carbocycles. The molecular weight excluding hydrogens is 333 g/mol. The van der Waals surface area contributed by atoms with Gasteiger partial charge in [-0.1, -0.05) is 31.8 Å². The second kappa shape index (κ2) is 4.96. The fraction of sp³-hybridized carbons (Fsp3) is 0.625. The minimum absolute atomic E-state index is 0.0263. The van der Waals surface area contributed by atoms with Gasteiger partial charge >= 0.3 is 13.4 Å². The molecule has 0 bridgehead atoms. The zero-order valence-corrected chi connectivity index (χ0v) is 16.1. The molecule has 4 nitrogen and oxygen atoms in total. The van der Waals surface area contributed by atoms with Crippen molar-refractivity contribution < 1.29 is 27.6 Å². The number of rotatable bonds is 2. The molecule has 1 saturated heterocycles. The molecule has 1 aromatic rings. The number of alkyl halides is 2. The van der Waals surface area contributed by atoms with E-state index in [4.69, 9.17) is 18.8 Å². The number of fused-ring (bicyclic) bond motifs is 1. The fourth-order valence-electron chi connectivity index (χ4n) is 2.79. The van der Waals surface area contributed by atoms with Gasteiger partial charge in [-0.15, -0.1) is 8.78 Å². The largest absolute Gasteiger partial charge is 0.586 e.